The molecule has 0 fully saturated rings. The van der Waals surface area contributed by atoms with Crippen LogP contribution < -0.4 is 10.6 Å². The summed E-state index contributed by atoms with van der Waals surface area (Å²) in [7, 11) is 0. The number of amides is 2. The predicted molar refractivity (Wildman–Crippen MR) is 74.5 cm³/mol. The number of benzene rings is 1. The van der Waals surface area contributed by atoms with E-state index in [9.17, 15) is 9.59 Å². The zero-order valence-corrected chi connectivity index (χ0v) is 11.9. The van der Waals surface area contributed by atoms with E-state index in [2.05, 4.69) is 31.3 Å². The molecule has 0 saturated heterocycles. The molecule has 0 aliphatic heterocycles. The lowest BCUT2D eigenvalue weighted by molar-refractivity contribution is -0.120. The summed E-state index contributed by atoms with van der Waals surface area (Å²) in [4.78, 5) is 23.5. The number of halogens is 1. The molecule has 2 aromatic rings. The van der Waals surface area contributed by atoms with E-state index in [0.717, 1.165) is 0 Å². The fourth-order valence-electron chi connectivity index (χ4n) is 1.57. The molecule has 3 N–H and O–H groups in total. The Hall–Kier alpha value is -2.48. The highest BCUT2D eigenvalue weighted by Crippen LogP contribution is 2.09. The van der Waals surface area contributed by atoms with Gasteiger partial charge in [0.25, 0.3) is 5.91 Å². The van der Waals surface area contributed by atoms with Gasteiger partial charge in [-0.1, -0.05) is 16.8 Å². The Balaban J connectivity index is 1.81. The van der Waals surface area contributed by atoms with Crippen molar-refractivity contribution in [3.63, 3.8) is 0 Å². The van der Waals surface area contributed by atoms with Crippen LogP contribution in [-0.2, 0) is 4.79 Å². The maximum absolute atomic E-state index is 11.8. The van der Waals surface area contributed by atoms with Crippen LogP contribution in [0.1, 0.15) is 29.1 Å². The van der Waals surface area contributed by atoms with Gasteiger partial charge in [0, 0.05) is 10.6 Å². The minimum atomic E-state index is -0.399. The quantitative estimate of drug-likeness (QED) is 0.742. The summed E-state index contributed by atoms with van der Waals surface area (Å²) in [6, 6.07) is 5.97. The molecule has 1 unspecified atom stereocenters. The first-order valence-electron chi connectivity index (χ1n) is 6.12. The van der Waals surface area contributed by atoms with Crippen LogP contribution in [0.5, 0.6) is 0 Å². The number of H-pyrrole nitrogens is 1. The van der Waals surface area contributed by atoms with E-state index < -0.39 is 6.04 Å². The predicted octanol–water partition coefficient (Wildman–Crippen LogP) is 0.460. The topological polar surface area (TPSA) is 113 Å². The Bertz CT molecular complexity index is 613. The largest absolute Gasteiger partial charge is 0.345 e. The summed E-state index contributed by atoms with van der Waals surface area (Å²) < 4.78 is 0. The maximum atomic E-state index is 11.8. The first-order chi connectivity index (χ1) is 10.1. The van der Waals surface area contributed by atoms with Crippen LogP contribution in [0.4, 0.5) is 0 Å². The van der Waals surface area contributed by atoms with Crippen molar-refractivity contribution < 1.29 is 9.59 Å². The normalized spacial score (nSPS) is 11.7. The lowest BCUT2D eigenvalue weighted by Crippen LogP contribution is -2.38. The molecule has 0 bridgehead atoms. The van der Waals surface area contributed by atoms with Crippen molar-refractivity contribution in [1.82, 2.24) is 31.3 Å². The minimum Gasteiger partial charge on any atom is -0.345 e. The molecule has 2 rings (SSSR count). The molecule has 1 atom stereocenters. The van der Waals surface area contributed by atoms with Gasteiger partial charge in [0.15, 0.2) is 5.82 Å². The number of aromatic amines is 1. The molecule has 1 aromatic heterocycles. The number of hydrogen-bond donors (Lipinski definition) is 3. The van der Waals surface area contributed by atoms with E-state index in [0.29, 0.717) is 16.4 Å². The number of tetrazole rings is 1. The third-order valence-electron chi connectivity index (χ3n) is 2.64. The Labute approximate surface area is 125 Å². The lowest BCUT2D eigenvalue weighted by atomic mass is 10.2. The highest BCUT2D eigenvalue weighted by Gasteiger charge is 2.14. The van der Waals surface area contributed by atoms with Crippen molar-refractivity contribution >= 4 is 23.4 Å². The smallest absolute Gasteiger partial charge is 0.251 e. The van der Waals surface area contributed by atoms with Gasteiger partial charge < -0.3 is 10.6 Å². The number of nitrogens with zero attached hydrogens (tertiary/aromatic N) is 3. The van der Waals surface area contributed by atoms with E-state index in [1.807, 2.05) is 0 Å². The van der Waals surface area contributed by atoms with Crippen molar-refractivity contribution in [3.05, 3.63) is 40.7 Å². The van der Waals surface area contributed by atoms with E-state index in [1.165, 1.54) is 0 Å². The van der Waals surface area contributed by atoms with Gasteiger partial charge in [-0.25, -0.2) is 0 Å². The summed E-state index contributed by atoms with van der Waals surface area (Å²) in [6.45, 7) is 1.56. The molecule has 0 aliphatic carbocycles. The average Bonchev–Trinajstić information content (AvgIpc) is 3.00. The fraction of sp³-hybridized carbons (Fsp3) is 0.250. The number of aromatic nitrogens is 4. The number of nitrogens with one attached hydrogen (secondary N) is 3. The molecular formula is C12H13ClN6O2. The molecule has 1 aromatic carbocycles. The van der Waals surface area contributed by atoms with Crippen LogP contribution in [0, 0.1) is 0 Å². The zero-order valence-electron chi connectivity index (χ0n) is 11.1. The average molecular weight is 309 g/mol. The van der Waals surface area contributed by atoms with Gasteiger partial charge >= 0.3 is 0 Å². The highest BCUT2D eigenvalue weighted by atomic mass is 35.5. The number of hydrogen-bond acceptors (Lipinski definition) is 5. The maximum Gasteiger partial charge on any atom is 0.251 e. The molecule has 2 amide bonds. The molecule has 0 radical (unpaired) electrons. The SMILES string of the molecule is CC(NC(=O)CNC(=O)c1ccc(Cl)cc1)c1nn[nH]n1. The standard InChI is InChI=1S/C12H13ClN6O2/c1-7(11-16-18-19-17-11)15-10(20)6-14-12(21)8-2-4-9(13)5-3-8/h2-5,7H,6H2,1H3,(H,14,21)(H,15,20)(H,16,17,18,19). The molecule has 0 saturated carbocycles. The number of carbonyl (C=O) groups excluding carboxylic acids is 2. The second kappa shape index (κ2) is 6.80. The molecule has 110 valence electrons. The summed E-state index contributed by atoms with van der Waals surface area (Å²) in [5, 5.41) is 18.9. The van der Waals surface area contributed by atoms with Gasteiger partial charge in [-0.2, -0.15) is 5.21 Å². The summed E-state index contributed by atoms with van der Waals surface area (Å²) >= 11 is 5.73. The van der Waals surface area contributed by atoms with Crippen molar-refractivity contribution in [2.45, 2.75) is 13.0 Å². The lowest BCUT2D eigenvalue weighted by Gasteiger charge is -2.10. The highest BCUT2D eigenvalue weighted by molar-refractivity contribution is 6.30. The Morgan fingerprint density at radius 2 is 2.05 bits per heavy atom. The molecule has 21 heavy (non-hydrogen) atoms. The first-order valence-corrected chi connectivity index (χ1v) is 6.50. The van der Waals surface area contributed by atoms with E-state index >= 15 is 0 Å². The molecule has 9 heteroatoms. The van der Waals surface area contributed by atoms with Crippen molar-refractivity contribution in [3.8, 4) is 0 Å². The Morgan fingerprint density at radius 3 is 2.67 bits per heavy atom. The van der Waals surface area contributed by atoms with E-state index in [4.69, 9.17) is 11.6 Å². The molecule has 1 heterocycles. The van der Waals surface area contributed by atoms with Gasteiger partial charge in [-0.3, -0.25) is 9.59 Å². The molecule has 8 nitrogen and oxygen atoms in total. The van der Waals surface area contributed by atoms with Crippen LogP contribution in [-0.4, -0.2) is 39.0 Å². The Kier molecular flexibility index (Phi) is 4.83. The monoisotopic (exact) mass is 308 g/mol. The van der Waals surface area contributed by atoms with Gasteiger partial charge in [0.05, 0.1) is 12.6 Å². The van der Waals surface area contributed by atoms with E-state index in [1.54, 1.807) is 31.2 Å². The van der Waals surface area contributed by atoms with Gasteiger partial charge in [-0.05, 0) is 31.2 Å². The van der Waals surface area contributed by atoms with Crippen LogP contribution in [0.25, 0.3) is 0 Å². The summed E-state index contributed by atoms with van der Waals surface area (Å²) in [5.41, 5.74) is 0.429. The number of rotatable bonds is 5. The van der Waals surface area contributed by atoms with Crippen molar-refractivity contribution in [1.29, 1.82) is 0 Å². The summed E-state index contributed by atoms with van der Waals surface area (Å²) in [5.74, 6) is -0.337. The van der Waals surface area contributed by atoms with E-state index in [-0.39, 0.29) is 18.4 Å². The second-order valence-electron chi connectivity index (χ2n) is 4.25. The van der Waals surface area contributed by atoms with Gasteiger partial charge in [0.1, 0.15) is 0 Å². The summed E-state index contributed by atoms with van der Waals surface area (Å²) in [6.07, 6.45) is 0. The van der Waals surface area contributed by atoms with Gasteiger partial charge in [0.2, 0.25) is 5.91 Å². The van der Waals surface area contributed by atoms with Crippen LogP contribution in [0.2, 0.25) is 5.02 Å². The molecule has 0 aliphatic rings. The first kappa shape index (κ1) is 14.9. The van der Waals surface area contributed by atoms with Crippen molar-refractivity contribution in [2.75, 3.05) is 6.54 Å². The number of carbonyl (C=O) groups is 2. The van der Waals surface area contributed by atoms with Crippen LogP contribution in [0.3, 0.4) is 0 Å². The zero-order chi connectivity index (χ0) is 15.2. The molecule has 0 spiro atoms. The third-order valence-corrected chi connectivity index (χ3v) is 2.89. The fourth-order valence-corrected chi connectivity index (χ4v) is 1.70. The molecular weight excluding hydrogens is 296 g/mol. The second-order valence-corrected chi connectivity index (χ2v) is 4.69. The Morgan fingerprint density at radius 1 is 1.33 bits per heavy atom. The van der Waals surface area contributed by atoms with Crippen LogP contribution in [0.15, 0.2) is 24.3 Å². The van der Waals surface area contributed by atoms with Crippen LogP contribution >= 0.6 is 11.6 Å². The van der Waals surface area contributed by atoms with Gasteiger partial charge in [-0.15, -0.1) is 10.2 Å². The minimum absolute atomic E-state index is 0.149. The van der Waals surface area contributed by atoms with Crippen molar-refractivity contribution in [2.24, 2.45) is 0 Å². The third kappa shape index (κ3) is 4.25.